The third kappa shape index (κ3) is 9.78. The van der Waals surface area contributed by atoms with Crippen LogP contribution < -0.4 is 10.1 Å². The summed E-state index contributed by atoms with van der Waals surface area (Å²) in [6, 6.07) is 26.9. The summed E-state index contributed by atoms with van der Waals surface area (Å²) in [6.45, 7) is 1.81. The van der Waals surface area contributed by atoms with Crippen LogP contribution in [0, 0.1) is 5.92 Å². The first kappa shape index (κ1) is 29.8. The van der Waals surface area contributed by atoms with Gasteiger partial charge in [-0.3, -0.25) is 9.59 Å². The van der Waals surface area contributed by atoms with Crippen molar-refractivity contribution in [3.63, 3.8) is 0 Å². The lowest BCUT2D eigenvalue weighted by Gasteiger charge is -2.32. The van der Waals surface area contributed by atoms with E-state index in [1.807, 2.05) is 77.7 Å². The molecule has 0 aliphatic carbocycles. The Hall–Kier alpha value is -4.13. The quantitative estimate of drug-likeness (QED) is 0.296. The summed E-state index contributed by atoms with van der Waals surface area (Å²) < 4.78 is 10.8. The van der Waals surface area contributed by atoms with E-state index in [4.69, 9.17) is 9.47 Å². The first-order valence-electron chi connectivity index (χ1n) is 14.4. The molecule has 1 aliphatic heterocycles. The molecule has 1 saturated heterocycles. The van der Waals surface area contributed by atoms with E-state index in [-0.39, 0.29) is 17.7 Å². The number of nitrogens with one attached hydrogen (secondary N) is 1. The highest BCUT2D eigenvalue weighted by atomic mass is 16.5. The van der Waals surface area contributed by atoms with Gasteiger partial charge in [0.15, 0.2) is 0 Å². The van der Waals surface area contributed by atoms with Gasteiger partial charge in [0.25, 0.3) is 0 Å². The number of esters is 1. The molecule has 0 saturated carbocycles. The minimum Gasteiger partial charge on any atom is -0.489 e. The molecule has 4 rings (SSSR count). The van der Waals surface area contributed by atoms with Crippen LogP contribution in [0.3, 0.4) is 0 Å². The fourth-order valence-corrected chi connectivity index (χ4v) is 5.18. The molecular weight excluding hydrogens is 516 g/mol. The molecule has 3 aromatic carbocycles. The van der Waals surface area contributed by atoms with Gasteiger partial charge in [-0.15, -0.1) is 0 Å². The Morgan fingerprint density at radius 2 is 1.49 bits per heavy atom. The van der Waals surface area contributed by atoms with E-state index in [9.17, 15) is 14.4 Å². The predicted octanol–water partition coefficient (Wildman–Crippen LogP) is 5.12. The smallest absolute Gasteiger partial charge is 0.328 e. The number of hydrogen-bond acceptors (Lipinski definition) is 5. The highest BCUT2D eigenvalue weighted by Gasteiger charge is 2.27. The zero-order chi connectivity index (χ0) is 28.9. The van der Waals surface area contributed by atoms with Crippen LogP contribution >= 0.6 is 0 Å². The maximum Gasteiger partial charge on any atom is 0.328 e. The third-order valence-electron chi connectivity index (χ3n) is 7.57. The molecule has 3 aromatic rings. The molecule has 7 nitrogen and oxygen atoms in total. The van der Waals surface area contributed by atoms with E-state index in [1.165, 1.54) is 12.7 Å². The first-order valence-corrected chi connectivity index (χ1v) is 14.4. The SMILES string of the molecule is COC(=O)[C@H](Cc1ccc(OCc2ccccc2)cc1)NC(=O)CC1CCN(C(=O)CCCc2ccccc2)CC1. The predicted molar refractivity (Wildman–Crippen MR) is 158 cm³/mol. The van der Waals surface area contributed by atoms with Crippen LogP contribution in [0.4, 0.5) is 0 Å². The van der Waals surface area contributed by atoms with Gasteiger partial charge in [0.05, 0.1) is 7.11 Å². The highest BCUT2D eigenvalue weighted by Crippen LogP contribution is 2.22. The van der Waals surface area contributed by atoms with Gasteiger partial charge in [0, 0.05) is 32.4 Å². The summed E-state index contributed by atoms with van der Waals surface area (Å²) >= 11 is 0. The Morgan fingerprint density at radius 1 is 0.854 bits per heavy atom. The number of hydrogen-bond donors (Lipinski definition) is 1. The van der Waals surface area contributed by atoms with Crippen molar-refractivity contribution in [1.29, 1.82) is 0 Å². The molecule has 2 amide bonds. The number of piperidine rings is 1. The van der Waals surface area contributed by atoms with Crippen molar-refractivity contribution in [2.45, 2.75) is 57.6 Å². The van der Waals surface area contributed by atoms with Crippen molar-refractivity contribution in [3.8, 4) is 5.75 Å². The minimum absolute atomic E-state index is 0.171. The van der Waals surface area contributed by atoms with Gasteiger partial charge in [-0.25, -0.2) is 4.79 Å². The second-order valence-corrected chi connectivity index (χ2v) is 10.6. The van der Waals surface area contributed by atoms with Crippen LogP contribution in [0.25, 0.3) is 0 Å². The first-order chi connectivity index (χ1) is 20.0. The number of likely N-dealkylation sites (tertiary alicyclic amines) is 1. The molecular formula is C34H40N2O5. The van der Waals surface area contributed by atoms with Crippen molar-refractivity contribution in [2.75, 3.05) is 20.2 Å². The van der Waals surface area contributed by atoms with Crippen LogP contribution in [0.15, 0.2) is 84.9 Å². The Balaban J connectivity index is 1.19. The molecule has 1 N–H and O–H groups in total. The molecule has 1 aliphatic rings. The van der Waals surface area contributed by atoms with Gasteiger partial charge in [0.2, 0.25) is 11.8 Å². The number of methoxy groups -OCH3 is 1. The molecule has 0 bridgehead atoms. The van der Waals surface area contributed by atoms with Gasteiger partial charge < -0.3 is 19.7 Å². The standard InChI is InChI=1S/C34H40N2O5/c1-40-34(39)31(23-27-15-17-30(18-16-27)41-25-29-11-6-3-7-12-29)35-32(37)24-28-19-21-36(22-20-28)33(38)14-8-13-26-9-4-2-5-10-26/h2-7,9-12,15-18,28,31H,8,13-14,19-25H2,1H3,(H,35,37)/t31-/m0/s1. The zero-order valence-electron chi connectivity index (χ0n) is 23.8. The molecule has 216 valence electrons. The molecule has 1 heterocycles. The topological polar surface area (TPSA) is 84.9 Å². The van der Waals surface area contributed by atoms with Crippen LogP contribution in [-0.4, -0.2) is 48.9 Å². The van der Waals surface area contributed by atoms with Crippen molar-refractivity contribution in [2.24, 2.45) is 5.92 Å². The van der Waals surface area contributed by atoms with Crippen molar-refractivity contribution in [1.82, 2.24) is 10.2 Å². The Bertz CT molecular complexity index is 1240. The number of ether oxygens (including phenoxy) is 2. The molecule has 41 heavy (non-hydrogen) atoms. The van der Waals surface area contributed by atoms with Crippen LogP contribution in [0.1, 0.15) is 48.8 Å². The van der Waals surface area contributed by atoms with E-state index in [1.54, 1.807) is 0 Å². The number of rotatable bonds is 13. The average Bonchev–Trinajstić information content (AvgIpc) is 3.01. The second kappa shape index (κ2) is 15.6. The summed E-state index contributed by atoms with van der Waals surface area (Å²) in [5, 5.41) is 2.88. The zero-order valence-corrected chi connectivity index (χ0v) is 23.8. The Labute approximate surface area is 242 Å². The fraction of sp³-hybridized carbons (Fsp3) is 0.382. The minimum atomic E-state index is -0.769. The second-order valence-electron chi connectivity index (χ2n) is 10.6. The summed E-state index contributed by atoms with van der Waals surface area (Å²) in [5.41, 5.74) is 3.23. The van der Waals surface area contributed by atoms with Crippen LogP contribution in [0.2, 0.25) is 0 Å². The van der Waals surface area contributed by atoms with Gasteiger partial charge in [-0.1, -0.05) is 72.8 Å². The number of aryl methyl sites for hydroxylation is 1. The average molecular weight is 557 g/mol. The van der Waals surface area contributed by atoms with Gasteiger partial charge in [-0.2, -0.15) is 0 Å². The van der Waals surface area contributed by atoms with E-state index in [0.717, 1.165) is 42.6 Å². The van der Waals surface area contributed by atoms with Crippen molar-refractivity contribution in [3.05, 3.63) is 102 Å². The summed E-state index contributed by atoms with van der Waals surface area (Å²) in [5.74, 6) is 0.459. The summed E-state index contributed by atoms with van der Waals surface area (Å²) in [4.78, 5) is 39.9. The van der Waals surface area contributed by atoms with Crippen LogP contribution in [0.5, 0.6) is 5.75 Å². The largest absolute Gasteiger partial charge is 0.489 e. The molecule has 0 unspecified atom stereocenters. The maximum atomic E-state index is 12.9. The summed E-state index contributed by atoms with van der Waals surface area (Å²) in [6.07, 6.45) is 4.50. The van der Waals surface area contributed by atoms with Crippen molar-refractivity contribution >= 4 is 17.8 Å². The maximum absolute atomic E-state index is 12.9. The lowest BCUT2D eigenvalue weighted by atomic mass is 9.92. The Kier molecular flexibility index (Phi) is 11.4. The van der Waals surface area contributed by atoms with Crippen LogP contribution in [-0.2, 0) is 38.6 Å². The third-order valence-corrected chi connectivity index (χ3v) is 7.57. The van der Waals surface area contributed by atoms with E-state index in [0.29, 0.717) is 39.0 Å². The van der Waals surface area contributed by atoms with E-state index < -0.39 is 12.0 Å². The van der Waals surface area contributed by atoms with Gasteiger partial charge in [0.1, 0.15) is 18.4 Å². The number of amides is 2. The monoisotopic (exact) mass is 556 g/mol. The number of carbonyl (C=O) groups excluding carboxylic acids is 3. The molecule has 1 fully saturated rings. The molecule has 0 spiro atoms. The lowest BCUT2D eigenvalue weighted by Crippen LogP contribution is -2.44. The van der Waals surface area contributed by atoms with E-state index >= 15 is 0 Å². The number of nitrogens with zero attached hydrogens (tertiary/aromatic N) is 1. The fourth-order valence-electron chi connectivity index (χ4n) is 5.18. The highest BCUT2D eigenvalue weighted by molar-refractivity contribution is 5.84. The molecule has 7 heteroatoms. The lowest BCUT2D eigenvalue weighted by molar-refractivity contribution is -0.145. The van der Waals surface area contributed by atoms with E-state index in [2.05, 4.69) is 17.4 Å². The molecule has 0 radical (unpaired) electrons. The number of carbonyl (C=O) groups is 3. The van der Waals surface area contributed by atoms with Crippen molar-refractivity contribution < 1.29 is 23.9 Å². The van der Waals surface area contributed by atoms with Gasteiger partial charge >= 0.3 is 5.97 Å². The normalized spacial score (nSPS) is 14.2. The summed E-state index contributed by atoms with van der Waals surface area (Å²) in [7, 11) is 1.33. The number of benzene rings is 3. The van der Waals surface area contributed by atoms with Gasteiger partial charge in [-0.05, 0) is 60.4 Å². The molecule has 0 aromatic heterocycles. The Morgan fingerprint density at radius 3 is 2.12 bits per heavy atom. The molecule has 1 atom stereocenters.